The fraction of sp³-hybridized carbons (Fsp3) is 0.571. The second-order valence-corrected chi connectivity index (χ2v) is 8.20. The molecule has 2 heterocycles. The summed E-state index contributed by atoms with van der Waals surface area (Å²) in [4.78, 5) is 21.7. The molecule has 1 saturated carbocycles. The molecule has 7 heteroatoms. The summed E-state index contributed by atoms with van der Waals surface area (Å²) in [7, 11) is 0. The van der Waals surface area contributed by atoms with E-state index < -0.39 is 11.5 Å². The molecule has 1 saturated heterocycles. The number of carbonyl (C=O) groups is 1. The van der Waals surface area contributed by atoms with E-state index in [4.69, 9.17) is 4.99 Å². The third kappa shape index (κ3) is 3.32. The van der Waals surface area contributed by atoms with Gasteiger partial charge in [-0.3, -0.25) is 10.1 Å². The van der Waals surface area contributed by atoms with E-state index in [1.807, 2.05) is 11.0 Å². The molecule has 2 aliphatic heterocycles. The van der Waals surface area contributed by atoms with E-state index in [0.29, 0.717) is 43.7 Å². The molecule has 0 unspecified atom stereocenters. The Hall–Kier alpha value is -2.62. The van der Waals surface area contributed by atoms with Crippen molar-refractivity contribution in [1.82, 2.24) is 10.2 Å². The Labute approximate surface area is 165 Å². The van der Waals surface area contributed by atoms with Crippen LogP contribution in [0, 0.1) is 29.0 Å². The first-order valence-corrected chi connectivity index (χ1v) is 10.1. The first-order chi connectivity index (χ1) is 13.5. The number of hydrogen-bond donors (Lipinski definition) is 1. The van der Waals surface area contributed by atoms with E-state index in [2.05, 4.69) is 23.2 Å². The van der Waals surface area contributed by atoms with Crippen LogP contribution in [0.3, 0.4) is 0 Å². The normalized spacial score (nSPS) is 30.6. The van der Waals surface area contributed by atoms with E-state index in [0.717, 1.165) is 25.7 Å². The molecule has 1 aromatic carbocycles. The number of amides is 1. The Kier molecular flexibility index (Phi) is 4.96. The van der Waals surface area contributed by atoms with Gasteiger partial charge in [-0.2, -0.15) is 5.26 Å². The lowest BCUT2D eigenvalue weighted by atomic mass is 9.70. The number of piperazine rings is 1. The first kappa shape index (κ1) is 18.7. The number of nitriles is 1. The number of nitrogens with one attached hydrogen (secondary N) is 1. The van der Waals surface area contributed by atoms with Crippen molar-refractivity contribution in [3.63, 3.8) is 0 Å². The predicted molar refractivity (Wildman–Crippen MR) is 105 cm³/mol. The molecule has 1 amide bonds. The molecule has 1 aliphatic carbocycles. The average molecular weight is 383 g/mol. The Morgan fingerprint density at radius 2 is 1.82 bits per heavy atom. The summed E-state index contributed by atoms with van der Waals surface area (Å²) >= 11 is 0. The van der Waals surface area contributed by atoms with Crippen molar-refractivity contribution in [1.29, 1.82) is 5.26 Å². The molecule has 1 N–H and O–H groups in total. The van der Waals surface area contributed by atoms with Crippen LogP contribution in [0.1, 0.15) is 32.6 Å². The van der Waals surface area contributed by atoms with Crippen LogP contribution < -0.4 is 10.2 Å². The Morgan fingerprint density at radius 1 is 1.18 bits per heavy atom. The van der Waals surface area contributed by atoms with Crippen LogP contribution >= 0.6 is 0 Å². The minimum Gasteiger partial charge on any atom is -0.366 e. The summed E-state index contributed by atoms with van der Waals surface area (Å²) in [6.45, 7) is 4.82. The Morgan fingerprint density at radius 3 is 2.46 bits per heavy atom. The van der Waals surface area contributed by atoms with E-state index in [9.17, 15) is 14.4 Å². The van der Waals surface area contributed by atoms with Crippen molar-refractivity contribution in [2.45, 2.75) is 38.1 Å². The first-order valence-electron chi connectivity index (χ1n) is 10.1. The van der Waals surface area contributed by atoms with Crippen LogP contribution in [0.25, 0.3) is 0 Å². The molecule has 3 aliphatic rings. The second kappa shape index (κ2) is 7.42. The predicted octanol–water partition coefficient (Wildman–Crippen LogP) is 2.52. The van der Waals surface area contributed by atoms with Crippen molar-refractivity contribution in [3.05, 3.63) is 30.1 Å². The standard InChI is InChI=1S/C21H26FN5O/c1-15-6-8-21(9-7-15)16(14-23)19(28)24-20(25-21)27-12-10-26(11-13-27)18-5-3-2-4-17(18)22/h2-5,15-16H,6-13H2,1H3,(H,24,25,28)/t15?,16-,21?/m0/s1. The van der Waals surface area contributed by atoms with Gasteiger partial charge in [-0.1, -0.05) is 19.1 Å². The number of para-hydroxylation sites is 1. The van der Waals surface area contributed by atoms with Crippen molar-refractivity contribution in [2.75, 3.05) is 31.1 Å². The fourth-order valence-electron chi connectivity index (χ4n) is 4.59. The smallest absolute Gasteiger partial charge is 0.246 e. The molecule has 1 atom stereocenters. The van der Waals surface area contributed by atoms with Crippen molar-refractivity contribution >= 4 is 17.6 Å². The zero-order chi connectivity index (χ0) is 19.7. The molecule has 1 spiro atoms. The van der Waals surface area contributed by atoms with Gasteiger partial charge in [0.05, 0.1) is 17.3 Å². The number of nitrogens with zero attached hydrogens (tertiary/aromatic N) is 4. The van der Waals surface area contributed by atoms with E-state index in [1.165, 1.54) is 6.07 Å². The number of anilines is 1. The third-order valence-corrected chi connectivity index (χ3v) is 6.40. The molecule has 4 rings (SSSR count). The number of benzene rings is 1. The van der Waals surface area contributed by atoms with Crippen molar-refractivity contribution in [2.24, 2.45) is 16.8 Å². The summed E-state index contributed by atoms with van der Waals surface area (Å²) in [6.07, 6.45) is 3.53. The molecule has 148 valence electrons. The highest BCUT2D eigenvalue weighted by Gasteiger charge is 2.49. The fourth-order valence-corrected chi connectivity index (χ4v) is 4.59. The van der Waals surface area contributed by atoms with Gasteiger partial charge in [-0.05, 0) is 43.7 Å². The summed E-state index contributed by atoms with van der Waals surface area (Å²) < 4.78 is 14.1. The lowest BCUT2D eigenvalue weighted by Crippen LogP contribution is -2.61. The lowest BCUT2D eigenvalue weighted by molar-refractivity contribution is -0.125. The van der Waals surface area contributed by atoms with Gasteiger partial charge in [0, 0.05) is 26.2 Å². The molecule has 0 bridgehead atoms. The molecule has 6 nitrogen and oxygen atoms in total. The van der Waals surface area contributed by atoms with Crippen LogP contribution in [0.4, 0.5) is 10.1 Å². The van der Waals surface area contributed by atoms with Crippen molar-refractivity contribution < 1.29 is 9.18 Å². The second-order valence-electron chi connectivity index (χ2n) is 8.20. The topological polar surface area (TPSA) is 71.7 Å². The summed E-state index contributed by atoms with van der Waals surface area (Å²) in [5.74, 6) is 0.0191. The highest BCUT2D eigenvalue weighted by atomic mass is 19.1. The molecule has 0 aromatic heterocycles. The van der Waals surface area contributed by atoms with Gasteiger partial charge in [-0.25, -0.2) is 9.38 Å². The van der Waals surface area contributed by atoms with E-state index >= 15 is 0 Å². The van der Waals surface area contributed by atoms with Gasteiger partial charge in [0.2, 0.25) is 11.9 Å². The van der Waals surface area contributed by atoms with Crippen LogP contribution in [0.15, 0.2) is 29.3 Å². The minimum absolute atomic E-state index is 0.216. The largest absolute Gasteiger partial charge is 0.366 e. The van der Waals surface area contributed by atoms with Crippen LogP contribution in [0.2, 0.25) is 0 Å². The molecule has 28 heavy (non-hydrogen) atoms. The Bertz CT molecular complexity index is 816. The van der Waals surface area contributed by atoms with Gasteiger partial charge in [-0.15, -0.1) is 0 Å². The number of aliphatic imine (C=N–C) groups is 1. The maximum Gasteiger partial charge on any atom is 0.246 e. The zero-order valence-corrected chi connectivity index (χ0v) is 16.2. The summed E-state index contributed by atoms with van der Waals surface area (Å²) in [6, 6.07) is 9.00. The quantitative estimate of drug-likeness (QED) is 0.809. The highest BCUT2D eigenvalue weighted by Crippen LogP contribution is 2.41. The van der Waals surface area contributed by atoms with Crippen LogP contribution in [-0.2, 0) is 4.79 Å². The zero-order valence-electron chi connectivity index (χ0n) is 16.2. The lowest BCUT2D eigenvalue weighted by Gasteiger charge is -2.44. The summed E-state index contributed by atoms with van der Waals surface area (Å²) in [5.41, 5.74) is 0.0146. The van der Waals surface area contributed by atoms with Gasteiger partial charge in [0.1, 0.15) is 5.82 Å². The van der Waals surface area contributed by atoms with Gasteiger partial charge >= 0.3 is 0 Å². The molecular weight excluding hydrogens is 357 g/mol. The maximum absolute atomic E-state index is 14.1. The average Bonchev–Trinajstić information content (AvgIpc) is 2.71. The van der Waals surface area contributed by atoms with Gasteiger partial charge in [0.15, 0.2) is 5.92 Å². The van der Waals surface area contributed by atoms with Crippen molar-refractivity contribution in [3.8, 4) is 6.07 Å². The molecular formula is C21H26FN5O. The number of carbonyl (C=O) groups excluding carboxylic acids is 1. The molecule has 0 radical (unpaired) electrons. The summed E-state index contributed by atoms with van der Waals surface area (Å²) in [5, 5.41) is 12.5. The molecule has 1 aromatic rings. The monoisotopic (exact) mass is 383 g/mol. The highest BCUT2D eigenvalue weighted by molar-refractivity contribution is 6.02. The SMILES string of the molecule is CC1CCC2(CC1)N=C(N1CCN(c3ccccc3F)CC1)NC(=O)[C@@H]2C#N. The van der Waals surface area contributed by atoms with E-state index in [1.54, 1.807) is 12.1 Å². The van der Waals surface area contributed by atoms with Crippen LogP contribution in [-0.4, -0.2) is 48.5 Å². The Balaban J connectivity index is 1.51. The van der Waals surface area contributed by atoms with Gasteiger partial charge in [0.25, 0.3) is 0 Å². The van der Waals surface area contributed by atoms with Crippen LogP contribution in [0.5, 0.6) is 0 Å². The number of guanidine groups is 1. The minimum atomic E-state index is -0.719. The number of rotatable bonds is 1. The van der Waals surface area contributed by atoms with E-state index in [-0.39, 0.29) is 11.7 Å². The van der Waals surface area contributed by atoms with Gasteiger partial charge < -0.3 is 9.80 Å². The number of hydrogen-bond acceptors (Lipinski definition) is 5. The maximum atomic E-state index is 14.1. The number of halogens is 1. The third-order valence-electron chi connectivity index (χ3n) is 6.40. The molecule has 2 fully saturated rings.